The lowest BCUT2D eigenvalue weighted by Gasteiger charge is -2.19. The summed E-state index contributed by atoms with van der Waals surface area (Å²) in [6, 6.07) is 10.9. The van der Waals surface area contributed by atoms with Crippen molar-refractivity contribution in [2.24, 2.45) is 11.0 Å². The van der Waals surface area contributed by atoms with Gasteiger partial charge in [0.25, 0.3) is 5.91 Å². The summed E-state index contributed by atoms with van der Waals surface area (Å²) in [5.74, 6) is -0.255. The summed E-state index contributed by atoms with van der Waals surface area (Å²) in [6.07, 6.45) is 2.09. The lowest BCUT2D eigenvalue weighted by atomic mass is 9.94. The van der Waals surface area contributed by atoms with Crippen molar-refractivity contribution in [3.63, 3.8) is 0 Å². The Balaban J connectivity index is 1.72. The number of hydrazone groups is 1. The molecule has 3 rings (SSSR count). The highest BCUT2D eigenvalue weighted by atomic mass is 16.2. The summed E-state index contributed by atoms with van der Waals surface area (Å²) in [5.41, 5.74) is 6.33. The Morgan fingerprint density at radius 1 is 1.21 bits per heavy atom. The molecule has 24 heavy (non-hydrogen) atoms. The maximum atomic E-state index is 12.2. The number of hydrogen-bond donors (Lipinski definition) is 2. The van der Waals surface area contributed by atoms with E-state index in [4.69, 9.17) is 0 Å². The van der Waals surface area contributed by atoms with Crippen molar-refractivity contribution in [3.8, 4) is 0 Å². The summed E-state index contributed by atoms with van der Waals surface area (Å²) in [4.78, 5) is 27.6. The van der Waals surface area contributed by atoms with Crippen LogP contribution in [0.1, 0.15) is 35.0 Å². The Bertz CT molecular complexity index is 795. The lowest BCUT2D eigenvalue weighted by molar-refractivity contribution is -0.121. The summed E-state index contributed by atoms with van der Waals surface area (Å²) < 4.78 is 0. The molecule has 1 aromatic carbocycles. The Labute approximate surface area is 140 Å². The zero-order chi connectivity index (χ0) is 17.1. The second kappa shape index (κ2) is 6.62. The number of benzene rings is 1. The highest BCUT2D eigenvalue weighted by Gasteiger charge is 2.21. The van der Waals surface area contributed by atoms with Gasteiger partial charge in [-0.3, -0.25) is 14.6 Å². The van der Waals surface area contributed by atoms with Crippen molar-refractivity contribution in [1.29, 1.82) is 0 Å². The Morgan fingerprint density at radius 3 is 2.58 bits per heavy atom. The van der Waals surface area contributed by atoms with Crippen molar-refractivity contribution in [3.05, 3.63) is 59.4 Å². The third-order valence-corrected chi connectivity index (χ3v) is 3.84. The number of amides is 2. The zero-order valence-electron chi connectivity index (χ0n) is 13.5. The van der Waals surface area contributed by atoms with E-state index in [0.29, 0.717) is 17.8 Å². The molecule has 0 fully saturated rings. The van der Waals surface area contributed by atoms with Gasteiger partial charge in [-0.25, -0.2) is 5.43 Å². The largest absolute Gasteiger partial charge is 0.321 e. The van der Waals surface area contributed by atoms with E-state index in [1.165, 1.54) is 0 Å². The van der Waals surface area contributed by atoms with Gasteiger partial charge in [0.05, 0.1) is 5.71 Å². The van der Waals surface area contributed by atoms with Crippen LogP contribution in [0, 0.1) is 12.8 Å². The van der Waals surface area contributed by atoms with Gasteiger partial charge in [0.2, 0.25) is 5.91 Å². The SMILES string of the molecule is Cc1ccc(C(=O)Nc2ccc(C3=NNC(=O)C[C@H]3C)cc2)nc1. The van der Waals surface area contributed by atoms with Crippen molar-refractivity contribution in [2.75, 3.05) is 5.32 Å². The molecule has 6 nitrogen and oxygen atoms in total. The van der Waals surface area contributed by atoms with Crippen LogP contribution in [-0.2, 0) is 4.79 Å². The normalized spacial score (nSPS) is 17.0. The minimum Gasteiger partial charge on any atom is -0.321 e. The molecule has 2 aromatic rings. The molecule has 2 N–H and O–H groups in total. The van der Waals surface area contributed by atoms with Gasteiger partial charge in [0, 0.05) is 24.2 Å². The van der Waals surface area contributed by atoms with Crippen molar-refractivity contribution >= 4 is 23.2 Å². The first-order valence-electron chi connectivity index (χ1n) is 7.74. The maximum Gasteiger partial charge on any atom is 0.274 e. The molecule has 122 valence electrons. The number of rotatable bonds is 3. The first kappa shape index (κ1) is 15.9. The third-order valence-electron chi connectivity index (χ3n) is 3.84. The minimum absolute atomic E-state index is 0.0657. The van der Waals surface area contributed by atoms with Crippen molar-refractivity contribution < 1.29 is 9.59 Å². The molecule has 1 aromatic heterocycles. The Kier molecular flexibility index (Phi) is 4.37. The van der Waals surface area contributed by atoms with Gasteiger partial charge in [0.1, 0.15) is 5.69 Å². The standard InChI is InChI=1S/C18H18N4O2/c1-11-3-8-15(19-10-11)18(24)20-14-6-4-13(5-7-14)17-12(2)9-16(23)21-22-17/h3-8,10,12H,9H2,1-2H3,(H,20,24)(H,21,23)/t12-/m1/s1. The van der Waals surface area contributed by atoms with Crippen LogP contribution in [0.15, 0.2) is 47.7 Å². The van der Waals surface area contributed by atoms with Gasteiger partial charge in [-0.2, -0.15) is 5.10 Å². The molecular formula is C18H18N4O2. The van der Waals surface area contributed by atoms with Crippen LogP contribution < -0.4 is 10.7 Å². The van der Waals surface area contributed by atoms with Crippen LogP contribution in [0.4, 0.5) is 5.69 Å². The predicted octanol–water partition coefficient (Wildman–Crippen LogP) is 2.50. The fraction of sp³-hybridized carbons (Fsp3) is 0.222. The number of carbonyl (C=O) groups excluding carboxylic acids is 2. The minimum atomic E-state index is -0.251. The third kappa shape index (κ3) is 3.48. The maximum absolute atomic E-state index is 12.2. The van der Waals surface area contributed by atoms with Crippen LogP contribution in [0.25, 0.3) is 0 Å². The van der Waals surface area contributed by atoms with E-state index >= 15 is 0 Å². The summed E-state index contributed by atoms with van der Waals surface area (Å²) in [6.45, 7) is 3.89. The van der Waals surface area contributed by atoms with E-state index < -0.39 is 0 Å². The molecule has 0 saturated heterocycles. The van der Waals surface area contributed by atoms with E-state index in [9.17, 15) is 9.59 Å². The van der Waals surface area contributed by atoms with Crippen LogP contribution in [0.5, 0.6) is 0 Å². The van der Waals surface area contributed by atoms with Gasteiger partial charge in [-0.05, 0) is 36.2 Å². The van der Waals surface area contributed by atoms with Crippen LogP contribution in [0.2, 0.25) is 0 Å². The summed E-state index contributed by atoms with van der Waals surface area (Å²) >= 11 is 0. The zero-order valence-corrected chi connectivity index (χ0v) is 13.5. The molecule has 2 heterocycles. The first-order valence-corrected chi connectivity index (χ1v) is 7.74. The van der Waals surface area contributed by atoms with E-state index in [-0.39, 0.29) is 17.7 Å². The van der Waals surface area contributed by atoms with Crippen molar-refractivity contribution in [1.82, 2.24) is 10.4 Å². The number of anilines is 1. The number of hydrogen-bond acceptors (Lipinski definition) is 4. The second-order valence-electron chi connectivity index (χ2n) is 5.89. The van der Waals surface area contributed by atoms with Crippen molar-refractivity contribution in [2.45, 2.75) is 20.3 Å². The fourth-order valence-electron chi connectivity index (χ4n) is 2.52. The predicted molar refractivity (Wildman–Crippen MR) is 91.8 cm³/mol. The monoisotopic (exact) mass is 322 g/mol. The topological polar surface area (TPSA) is 83.5 Å². The Hall–Kier alpha value is -3.02. The molecule has 0 unspecified atom stereocenters. The molecule has 0 bridgehead atoms. The molecular weight excluding hydrogens is 304 g/mol. The Morgan fingerprint density at radius 2 is 1.96 bits per heavy atom. The molecule has 6 heteroatoms. The number of aromatic nitrogens is 1. The molecule has 0 spiro atoms. The molecule has 1 aliphatic heterocycles. The van der Waals surface area contributed by atoms with Gasteiger partial charge in [-0.1, -0.05) is 25.1 Å². The first-order chi connectivity index (χ1) is 11.5. The summed E-state index contributed by atoms with van der Waals surface area (Å²) in [5, 5.41) is 6.94. The number of aryl methyl sites for hydroxylation is 1. The van der Waals surface area contributed by atoms with Crippen LogP contribution >= 0.6 is 0 Å². The number of pyridine rings is 1. The van der Waals surface area contributed by atoms with Gasteiger partial charge >= 0.3 is 0 Å². The van der Waals surface area contributed by atoms with E-state index in [1.54, 1.807) is 12.3 Å². The quantitative estimate of drug-likeness (QED) is 0.910. The van der Waals surface area contributed by atoms with Crippen LogP contribution in [0.3, 0.4) is 0 Å². The molecule has 1 atom stereocenters. The lowest BCUT2D eigenvalue weighted by Crippen LogP contribution is -2.31. The molecule has 0 radical (unpaired) electrons. The highest BCUT2D eigenvalue weighted by molar-refractivity contribution is 6.06. The molecule has 0 aliphatic carbocycles. The number of nitrogens with zero attached hydrogens (tertiary/aromatic N) is 2. The molecule has 1 aliphatic rings. The summed E-state index contributed by atoms with van der Waals surface area (Å²) in [7, 11) is 0. The number of carbonyl (C=O) groups is 2. The van der Waals surface area contributed by atoms with Gasteiger partial charge in [-0.15, -0.1) is 0 Å². The second-order valence-corrected chi connectivity index (χ2v) is 5.89. The van der Waals surface area contributed by atoms with Gasteiger partial charge < -0.3 is 5.32 Å². The smallest absolute Gasteiger partial charge is 0.274 e. The van der Waals surface area contributed by atoms with Gasteiger partial charge in [0.15, 0.2) is 0 Å². The average molecular weight is 322 g/mol. The molecule has 0 saturated carbocycles. The van der Waals surface area contributed by atoms with E-state index in [0.717, 1.165) is 16.8 Å². The fourth-order valence-corrected chi connectivity index (χ4v) is 2.52. The highest BCUT2D eigenvalue weighted by Crippen LogP contribution is 2.18. The van der Waals surface area contributed by atoms with E-state index in [1.807, 2.05) is 44.2 Å². The van der Waals surface area contributed by atoms with Crippen LogP contribution in [-0.4, -0.2) is 22.5 Å². The average Bonchev–Trinajstić information content (AvgIpc) is 2.56. The number of nitrogens with one attached hydrogen (secondary N) is 2. The van der Waals surface area contributed by atoms with E-state index in [2.05, 4.69) is 20.8 Å². The molecule has 2 amide bonds.